The second-order valence-electron chi connectivity index (χ2n) is 9.32. The zero-order valence-corrected chi connectivity index (χ0v) is 21.2. The lowest BCUT2D eigenvalue weighted by molar-refractivity contribution is 0.202. The van der Waals surface area contributed by atoms with Crippen LogP contribution in [-0.2, 0) is 6.42 Å². The molecular formula is C28H33N7O. The Morgan fingerprint density at radius 1 is 0.944 bits per heavy atom. The molecule has 0 atom stereocenters. The summed E-state index contributed by atoms with van der Waals surface area (Å²) in [5.74, 6) is 1.67. The van der Waals surface area contributed by atoms with Crippen LogP contribution in [0.15, 0.2) is 54.6 Å². The molecule has 1 N–H and O–H groups in total. The first kappa shape index (κ1) is 23.8. The monoisotopic (exact) mass is 483 g/mol. The Balaban J connectivity index is 1.57. The second-order valence-corrected chi connectivity index (χ2v) is 9.32. The molecule has 3 heterocycles. The zero-order valence-electron chi connectivity index (χ0n) is 21.2. The zero-order chi connectivity index (χ0) is 25.1. The van der Waals surface area contributed by atoms with Crippen molar-refractivity contribution in [2.24, 2.45) is 0 Å². The first-order valence-corrected chi connectivity index (χ1v) is 12.7. The summed E-state index contributed by atoms with van der Waals surface area (Å²) >= 11 is 0. The molecule has 0 aliphatic carbocycles. The van der Waals surface area contributed by atoms with Crippen LogP contribution in [0.3, 0.4) is 0 Å². The minimum absolute atomic E-state index is 0.000298. The third-order valence-corrected chi connectivity index (χ3v) is 6.62. The van der Waals surface area contributed by atoms with Gasteiger partial charge in [0.1, 0.15) is 11.6 Å². The molecule has 1 fully saturated rings. The number of anilines is 1. The number of rotatable bonds is 5. The van der Waals surface area contributed by atoms with Crippen LogP contribution < -0.4 is 10.2 Å². The van der Waals surface area contributed by atoms with E-state index >= 15 is 0 Å². The summed E-state index contributed by atoms with van der Waals surface area (Å²) in [6.45, 7) is 9.60. The summed E-state index contributed by atoms with van der Waals surface area (Å²) in [4.78, 5) is 26.8. The minimum atomic E-state index is 0.000298. The number of amides is 2. The van der Waals surface area contributed by atoms with E-state index in [4.69, 9.17) is 15.1 Å². The van der Waals surface area contributed by atoms with Crippen molar-refractivity contribution in [1.29, 1.82) is 0 Å². The van der Waals surface area contributed by atoms with Crippen molar-refractivity contribution < 1.29 is 4.79 Å². The van der Waals surface area contributed by atoms with Gasteiger partial charge in [0.05, 0.1) is 16.8 Å². The average Bonchev–Trinajstić information content (AvgIpc) is 3.05. The highest BCUT2D eigenvalue weighted by atomic mass is 16.2. The van der Waals surface area contributed by atoms with Crippen LogP contribution in [0.5, 0.6) is 0 Å². The van der Waals surface area contributed by atoms with Crippen molar-refractivity contribution in [2.45, 2.75) is 33.6 Å². The quantitative estimate of drug-likeness (QED) is 0.459. The van der Waals surface area contributed by atoms with E-state index in [9.17, 15) is 4.79 Å². The van der Waals surface area contributed by atoms with Crippen molar-refractivity contribution in [3.05, 3.63) is 77.2 Å². The highest BCUT2D eigenvalue weighted by molar-refractivity contribution is 5.91. The van der Waals surface area contributed by atoms with Crippen LogP contribution in [-0.4, -0.2) is 63.4 Å². The van der Waals surface area contributed by atoms with E-state index in [0.29, 0.717) is 26.1 Å². The van der Waals surface area contributed by atoms with Crippen molar-refractivity contribution in [3.63, 3.8) is 0 Å². The molecule has 1 aliphatic heterocycles. The fourth-order valence-corrected chi connectivity index (χ4v) is 4.75. The average molecular weight is 484 g/mol. The molecule has 2 aromatic carbocycles. The number of carbonyl (C=O) groups excluding carboxylic acids is 1. The lowest BCUT2D eigenvalue weighted by Gasteiger charge is -2.24. The number of benzene rings is 2. The van der Waals surface area contributed by atoms with Gasteiger partial charge in [-0.3, -0.25) is 0 Å². The number of nitrogens with one attached hydrogen (secondary N) is 1. The largest absolute Gasteiger partial charge is 0.354 e. The Labute approximate surface area is 212 Å². The van der Waals surface area contributed by atoms with Crippen molar-refractivity contribution in [1.82, 2.24) is 30.0 Å². The lowest BCUT2D eigenvalue weighted by Crippen LogP contribution is -2.42. The molecule has 4 aromatic rings. The first-order chi connectivity index (χ1) is 17.5. The van der Waals surface area contributed by atoms with Gasteiger partial charge in [-0.15, -0.1) is 0 Å². The first-order valence-electron chi connectivity index (χ1n) is 12.7. The van der Waals surface area contributed by atoms with Gasteiger partial charge in [0.15, 0.2) is 5.65 Å². The summed E-state index contributed by atoms with van der Waals surface area (Å²) in [5.41, 5.74) is 5.09. The molecule has 0 saturated carbocycles. The number of aryl methyl sites for hydroxylation is 2. The number of hydrogen-bond donors (Lipinski definition) is 1. The maximum absolute atomic E-state index is 12.5. The van der Waals surface area contributed by atoms with E-state index < -0.39 is 0 Å². The van der Waals surface area contributed by atoms with E-state index in [1.165, 1.54) is 11.1 Å². The number of fused-ring (bicyclic) bond motifs is 1. The van der Waals surface area contributed by atoms with Gasteiger partial charge >= 0.3 is 6.03 Å². The highest BCUT2D eigenvalue weighted by Gasteiger charge is 2.25. The molecule has 8 nitrogen and oxygen atoms in total. The smallest absolute Gasteiger partial charge is 0.317 e. The van der Waals surface area contributed by atoms with Gasteiger partial charge in [-0.05, 0) is 44.9 Å². The van der Waals surface area contributed by atoms with Crippen LogP contribution in [0.1, 0.15) is 36.0 Å². The summed E-state index contributed by atoms with van der Waals surface area (Å²) in [6.07, 6.45) is 1.52. The van der Waals surface area contributed by atoms with Crippen molar-refractivity contribution in [3.8, 4) is 5.69 Å². The molecule has 0 unspecified atom stereocenters. The topological polar surface area (TPSA) is 79.2 Å². The Kier molecular flexibility index (Phi) is 6.84. The fourth-order valence-electron chi connectivity index (χ4n) is 4.75. The number of urea groups is 1. The molecule has 0 spiro atoms. The summed E-state index contributed by atoms with van der Waals surface area (Å²) in [5, 5.41) is 8.78. The Morgan fingerprint density at radius 3 is 2.47 bits per heavy atom. The normalized spacial score (nSPS) is 14.2. The van der Waals surface area contributed by atoms with E-state index in [2.05, 4.69) is 41.4 Å². The van der Waals surface area contributed by atoms with Crippen LogP contribution >= 0.6 is 0 Å². The molecule has 186 valence electrons. The molecule has 2 aromatic heterocycles. The minimum Gasteiger partial charge on any atom is -0.354 e. The van der Waals surface area contributed by atoms with Crippen molar-refractivity contribution >= 4 is 22.9 Å². The van der Waals surface area contributed by atoms with Gasteiger partial charge in [0.25, 0.3) is 0 Å². The standard InChI is InChI=1S/C28H33N7O/c1-4-29-28(36)34-16-8-15-33(17-18-34)26-25-21(3)32-35(23-9-6-5-7-10-23)27(25)31-24(30-26)19-22-13-11-20(2)12-14-22/h5-7,9-14H,4,8,15-19H2,1-3H3,(H,29,36). The summed E-state index contributed by atoms with van der Waals surface area (Å²) in [7, 11) is 0. The number of nitrogens with zero attached hydrogens (tertiary/aromatic N) is 6. The van der Waals surface area contributed by atoms with Crippen LogP contribution in [0.4, 0.5) is 10.6 Å². The van der Waals surface area contributed by atoms with Crippen LogP contribution in [0, 0.1) is 13.8 Å². The van der Waals surface area contributed by atoms with Gasteiger partial charge in [0.2, 0.25) is 0 Å². The molecule has 36 heavy (non-hydrogen) atoms. The molecule has 5 rings (SSSR count). The molecule has 0 radical (unpaired) electrons. The van der Waals surface area contributed by atoms with E-state index in [1.54, 1.807) is 0 Å². The molecule has 8 heteroatoms. The molecule has 1 saturated heterocycles. The molecule has 2 amide bonds. The van der Waals surface area contributed by atoms with Gasteiger partial charge < -0.3 is 15.1 Å². The summed E-state index contributed by atoms with van der Waals surface area (Å²) < 4.78 is 1.92. The third kappa shape index (κ3) is 4.89. The van der Waals surface area contributed by atoms with Gasteiger partial charge in [-0.1, -0.05) is 48.0 Å². The second kappa shape index (κ2) is 10.4. The van der Waals surface area contributed by atoms with Gasteiger partial charge in [-0.25, -0.2) is 19.4 Å². The van der Waals surface area contributed by atoms with E-state index in [1.807, 2.05) is 53.8 Å². The fraction of sp³-hybridized carbons (Fsp3) is 0.357. The van der Waals surface area contributed by atoms with Crippen LogP contribution in [0.2, 0.25) is 0 Å². The molecule has 0 bridgehead atoms. The van der Waals surface area contributed by atoms with E-state index in [0.717, 1.165) is 53.6 Å². The number of carbonyl (C=O) groups is 1. The maximum atomic E-state index is 12.5. The Morgan fingerprint density at radius 2 is 1.72 bits per heavy atom. The molecular weight excluding hydrogens is 450 g/mol. The van der Waals surface area contributed by atoms with E-state index in [-0.39, 0.29) is 6.03 Å². The number of aromatic nitrogens is 4. The maximum Gasteiger partial charge on any atom is 0.317 e. The predicted octanol–water partition coefficient (Wildman–Crippen LogP) is 4.26. The summed E-state index contributed by atoms with van der Waals surface area (Å²) in [6, 6.07) is 18.6. The number of hydrogen-bond acceptors (Lipinski definition) is 5. The predicted molar refractivity (Wildman–Crippen MR) is 143 cm³/mol. The Bertz CT molecular complexity index is 1350. The van der Waals surface area contributed by atoms with Gasteiger partial charge in [0, 0.05) is 39.1 Å². The number of para-hydroxylation sites is 1. The molecule has 1 aliphatic rings. The SMILES string of the molecule is CCNC(=O)N1CCCN(c2nc(Cc3ccc(C)cc3)nc3c2c(C)nn3-c2ccccc2)CC1. The van der Waals surface area contributed by atoms with Gasteiger partial charge in [-0.2, -0.15) is 5.10 Å². The van der Waals surface area contributed by atoms with Crippen molar-refractivity contribution in [2.75, 3.05) is 37.6 Å². The Hall–Kier alpha value is -3.94. The third-order valence-electron chi connectivity index (χ3n) is 6.62. The highest BCUT2D eigenvalue weighted by Crippen LogP contribution is 2.30. The van der Waals surface area contributed by atoms with Crippen LogP contribution in [0.25, 0.3) is 16.7 Å². The lowest BCUT2D eigenvalue weighted by atomic mass is 10.1.